The van der Waals surface area contributed by atoms with Crippen LogP contribution in [0.25, 0.3) is 0 Å². The highest BCUT2D eigenvalue weighted by Gasteiger charge is 2.21. The van der Waals surface area contributed by atoms with Crippen LogP contribution in [0.15, 0.2) is 18.2 Å². The van der Waals surface area contributed by atoms with Gasteiger partial charge in [-0.25, -0.2) is 0 Å². The third-order valence-corrected chi connectivity index (χ3v) is 2.34. The van der Waals surface area contributed by atoms with Gasteiger partial charge >= 0.3 is 0 Å². The van der Waals surface area contributed by atoms with E-state index in [-0.39, 0.29) is 11.4 Å². The number of nitrogen functional groups attached to an aromatic ring is 1. The van der Waals surface area contributed by atoms with Gasteiger partial charge in [0.1, 0.15) is 5.75 Å². The molecule has 3 N–H and O–H groups in total. The lowest BCUT2D eigenvalue weighted by molar-refractivity contribution is -0.128. The zero-order valence-electron chi connectivity index (χ0n) is 11.7. The zero-order valence-corrected chi connectivity index (χ0v) is 11.7. The summed E-state index contributed by atoms with van der Waals surface area (Å²) in [6, 6.07) is 5.51. The Hall–Kier alpha value is -1.71. The monoisotopic (exact) mass is 250 g/mol. The largest absolute Gasteiger partial charge is 0.479 e. The number of aryl methyl sites for hydroxylation is 1. The van der Waals surface area contributed by atoms with Gasteiger partial charge in [-0.3, -0.25) is 4.79 Å². The number of carbonyl (C=O) groups is 1. The second kappa shape index (κ2) is 5.29. The maximum Gasteiger partial charge on any atom is 0.261 e. The van der Waals surface area contributed by atoms with E-state index in [9.17, 15) is 4.79 Å². The maximum absolute atomic E-state index is 11.9. The van der Waals surface area contributed by atoms with E-state index in [0.29, 0.717) is 11.4 Å². The SMILES string of the molecule is Cc1ccc(OC(C)C(=O)NC(C)(C)C)c(N)c1. The molecule has 100 valence electrons. The quantitative estimate of drug-likeness (QED) is 0.809. The molecule has 1 aromatic carbocycles. The van der Waals surface area contributed by atoms with E-state index in [1.165, 1.54) is 0 Å². The van der Waals surface area contributed by atoms with E-state index in [0.717, 1.165) is 5.56 Å². The predicted molar refractivity (Wildman–Crippen MR) is 73.6 cm³/mol. The van der Waals surface area contributed by atoms with Crippen LogP contribution in [0.1, 0.15) is 33.3 Å². The minimum absolute atomic E-state index is 0.150. The predicted octanol–water partition coefficient (Wildman–Crippen LogP) is 2.26. The summed E-state index contributed by atoms with van der Waals surface area (Å²) in [5, 5.41) is 2.87. The number of nitrogens with two attached hydrogens (primary N) is 1. The Kier molecular flexibility index (Phi) is 4.22. The summed E-state index contributed by atoms with van der Waals surface area (Å²) in [7, 11) is 0. The van der Waals surface area contributed by atoms with Crippen molar-refractivity contribution in [3.05, 3.63) is 23.8 Å². The lowest BCUT2D eigenvalue weighted by atomic mass is 10.1. The highest BCUT2D eigenvalue weighted by molar-refractivity contribution is 5.81. The van der Waals surface area contributed by atoms with Gasteiger partial charge in [-0.1, -0.05) is 6.07 Å². The fraction of sp³-hybridized carbons (Fsp3) is 0.500. The minimum Gasteiger partial charge on any atom is -0.479 e. The van der Waals surface area contributed by atoms with Gasteiger partial charge in [0, 0.05) is 5.54 Å². The summed E-state index contributed by atoms with van der Waals surface area (Å²) in [6.45, 7) is 9.45. The van der Waals surface area contributed by atoms with Crippen molar-refractivity contribution in [2.75, 3.05) is 5.73 Å². The van der Waals surface area contributed by atoms with Crippen LogP contribution >= 0.6 is 0 Å². The van der Waals surface area contributed by atoms with Gasteiger partial charge in [0.25, 0.3) is 5.91 Å². The molecular weight excluding hydrogens is 228 g/mol. The molecule has 0 fully saturated rings. The number of nitrogens with one attached hydrogen (secondary N) is 1. The fourth-order valence-corrected chi connectivity index (χ4v) is 1.49. The minimum atomic E-state index is -0.575. The van der Waals surface area contributed by atoms with Crippen molar-refractivity contribution >= 4 is 11.6 Å². The van der Waals surface area contributed by atoms with Crippen molar-refractivity contribution < 1.29 is 9.53 Å². The summed E-state index contributed by atoms with van der Waals surface area (Å²) in [6.07, 6.45) is -0.575. The first kappa shape index (κ1) is 14.4. The van der Waals surface area contributed by atoms with Crippen molar-refractivity contribution in [3.63, 3.8) is 0 Å². The van der Waals surface area contributed by atoms with Crippen LogP contribution in [0.4, 0.5) is 5.69 Å². The molecule has 0 aromatic heterocycles. The highest BCUT2D eigenvalue weighted by Crippen LogP contribution is 2.23. The number of ether oxygens (including phenoxy) is 1. The molecule has 0 saturated heterocycles. The van der Waals surface area contributed by atoms with Crippen molar-refractivity contribution in [2.24, 2.45) is 0 Å². The van der Waals surface area contributed by atoms with E-state index in [1.54, 1.807) is 13.0 Å². The Bertz CT molecular complexity index is 436. The second-order valence-electron chi connectivity index (χ2n) is 5.54. The molecule has 4 nitrogen and oxygen atoms in total. The third-order valence-electron chi connectivity index (χ3n) is 2.34. The maximum atomic E-state index is 11.9. The molecular formula is C14H22N2O2. The van der Waals surface area contributed by atoms with Crippen molar-refractivity contribution in [2.45, 2.75) is 46.3 Å². The number of amides is 1. The van der Waals surface area contributed by atoms with Gasteiger partial charge in [0.05, 0.1) is 5.69 Å². The van der Waals surface area contributed by atoms with E-state index in [4.69, 9.17) is 10.5 Å². The molecule has 1 atom stereocenters. The van der Waals surface area contributed by atoms with E-state index >= 15 is 0 Å². The summed E-state index contributed by atoms with van der Waals surface area (Å²) >= 11 is 0. The molecule has 0 radical (unpaired) electrons. The van der Waals surface area contributed by atoms with Crippen LogP contribution in [0.5, 0.6) is 5.75 Å². The molecule has 0 aliphatic carbocycles. The Labute approximate surface area is 109 Å². The molecule has 0 heterocycles. The molecule has 18 heavy (non-hydrogen) atoms. The molecule has 0 aliphatic rings. The molecule has 1 rings (SSSR count). The Morgan fingerprint density at radius 1 is 1.39 bits per heavy atom. The zero-order chi connectivity index (χ0) is 13.9. The first-order valence-electron chi connectivity index (χ1n) is 6.04. The van der Waals surface area contributed by atoms with Crippen LogP contribution in [-0.4, -0.2) is 17.6 Å². The molecule has 0 aliphatic heterocycles. The summed E-state index contributed by atoms with van der Waals surface area (Å²) in [5.74, 6) is 0.389. The topological polar surface area (TPSA) is 64.3 Å². The molecule has 1 amide bonds. The number of benzene rings is 1. The van der Waals surface area contributed by atoms with Crippen LogP contribution in [-0.2, 0) is 4.79 Å². The van der Waals surface area contributed by atoms with E-state index in [2.05, 4.69) is 5.32 Å². The van der Waals surface area contributed by atoms with Crippen molar-refractivity contribution in [1.82, 2.24) is 5.32 Å². The van der Waals surface area contributed by atoms with Crippen LogP contribution in [0, 0.1) is 6.92 Å². The second-order valence-corrected chi connectivity index (χ2v) is 5.54. The first-order chi connectivity index (χ1) is 8.19. The number of hydrogen-bond donors (Lipinski definition) is 2. The van der Waals surface area contributed by atoms with Crippen molar-refractivity contribution in [1.29, 1.82) is 0 Å². The van der Waals surface area contributed by atoms with E-state index < -0.39 is 6.10 Å². The smallest absolute Gasteiger partial charge is 0.261 e. The molecule has 1 unspecified atom stereocenters. The summed E-state index contributed by atoms with van der Waals surface area (Å²) in [5.41, 5.74) is 7.18. The standard InChI is InChI=1S/C14H22N2O2/c1-9-6-7-12(11(15)8-9)18-10(2)13(17)16-14(3,4)5/h6-8,10H,15H2,1-5H3,(H,16,17). The third kappa shape index (κ3) is 4.28. The number of anilines is 1. The fourth-order valence-electron chi connectivity index (χ4n) is 1.49. The van der Waals surface area contributed by atoms with Crippen LogP contribution in [0.3, 0.4) is 0 Å². The van der Waals surface area contributed by atoms with Crippen molar-refractivity contribution in [3.8, 4) is 5.75 Å². The highest BCUT2D eigenvalue weighted by atomic mass is 16.5. The molecule has 0 saturated carbocycles. The molecule has 1 aromatic rings. The average Bonchev–Trinajstić information content (AvgIpc) is 2.19. The molecule has 0 spiro atoms. The molecule has 4 heteroatoms. The number of rotatable bonds is 3. The van der Waals surface area contributed by atoms with Crippen LogP contribution < -0.4 is 15.8 Å². The average molecular weight is 250 g/mol. The normalized spacial score (nSPS) is 12.9. The number of carbonyl (C=O) groups excluding carboxylic acids is 1. The van der Waals surface area contributed by atoms with Gasteiger partial charge in [-0.15, -0.1) is 0 Å². The Morgan fingerprint density at radius 3 is 2.50 bits per heavy atom. The summed E-state index contributed by atoms with van der Waals surface area (Å²) in [4.78, 5) is 11.9. The lowest BCUT2D eigenvalue weighted by Gasteiger charge is -2.24. The number of hydrogen-bond acceptors (Lipinski definition) is 3. The Morgan fingerprint density at radius 2 is 2.00 bits per heavy atom. The van der Waals surface area contributed by atoms with Gasteiger partial charge in [-0.05, 0) is 52.3 Å². The van der Waals surface area contributed by atoms with E-state index in [1.807, 2.05) is 39.8 Å². The van der Waals surface area contributed by atoms with Gasteiger partial charge in [0.2, 0.25) is 0 Å². The van der Waals surface area contributed by atoms with Gasteiger partial charge < -0.3 is 15.8 Å². The summed E-state index contributed by atoms with van der Waals surface area (Å²) < 4.78 is 5.57. The van der Waals surface area contributed by atoms with Crippen LogP contribution in [0.2, 0.25) is 0 Å². The molecule has 0 bridgehead atoms. The van der Waals surface area contributed by atoms with Gasteiger partial charge in [-0.2, -0.15) is 0 Å². The first-order valence-corrected chi connectivity index (χ1v) is 6.04. The lowest BCUT2D eigenvalue weighted by Crippen LogP contribution is -2.46. The van der Waals surface area contributed by atoms with Gasteiger partial charge in [0.15, 0.2) is 6.10 Å². The Balaban J connectivity index is 2.69.